The molecule has 0 saturated carbocycles. The van der Waals surface area contributed by atoms with Crippen LogP contribution < -0.4 is 10.1 Å². The van der Waals surface area contributed by atoms with Crippen LogP contribution in [0.5, 0.6) is 5.75 Å². The van der Waals surface area contributed by atoms with Gasteiger partial charge in [-0.2, -0.15) is 0 Å². The summed E-state index contributed by atoms with van der Waals surface area (Å²) in [5.74, 6) is 0.389. The molecule has 0 spiro atoms. The van der Waals surface area contributed by atoms with E-state index in [-0.39, 0.29) is 18.5 Å². The van der Waals surface area contributed by atoms with Gasteiger partial charge in [-0.05, 0) is 39.1 Å². The van der Waals surface area contributed by atoms with Crippen molar-refractivity contribution in [3.63, 3.8) is 0 Å². The summed E-state index contributed by atoms with van der Waals surface area (Å²) >= 11 is 6.02. The molecule has 0 aliphatic heterocycles. The largest absolute Gasteiger partial charge is 0.488 e. The van der Waals surface area contributed by atoms with Crippen LogP contribution in [0.4, 0.5) is 4.39 Å². The quantitative estimate of drug-likeness (QED) is 0.868. The zero-order valence-corrected chi connectivity index (χ0v) is 13.2. The number of halogens is 2. The lowest BCUT2D eigenvalue weighted by Crippen LogP contribution is -2.14. The van der Waals surface area contributed by atoms with E-state index in [1.165, 1.54) is 6.07 Å². The van der Waals surface area contributed by atoms with E-state index in [2.05, 4.69) is 18.3 Å². The predicted molar refractivity (Wildman–Crippen MR) is 84.4 cm³/mol. The molecule has 2 rings (SSSR count). The highest BCUT2D eigenvalue weighted by Crippen LogP contribution is 2.28. The Bertz CT molecular complexity index is 610. The van der Waals surface area contributed by atoms with Crippen molar-refractivity contribution >= 4 is 11.6 Å². The molecule has 0 heterocycles. The predicted octanol–water partition coefficient (Wildman–Crippen LogP) is 4.65. The summed E-state index contributed by atoms with van der Waals surface area (Å²) in [6.07, 6.45) is 0. The van der Waals surface area contributed by atoms with Crippen LogP contribution in [0, 0.1) is 12.7 Å². The van der Waals surface area contributed by atoms with Crippen molar-refractivity contribution in [1.29, 1.82) is 0 Å². The van der Waals surface area contributed by atoms with E-state index < -0.39 is 0 Å². The Labute approximate surface area is 129 Å². The van der Waals surface area contributed by atoms with Crippen LogP contribution >= 0.6 is 11.6 Å². The summed E-state index contributed by atoms with van der Waals surface area (Å²) in [5.41, 5.74) is 2.58. The van der Waals surface area contributed by atoms with Crippen LogP contribution in [-0.4, -0.2) is 7.05 Å². The third-order valence-corrected chi connectivity index (χ3v) is 3.85. The molecule has 0 fully saturated rings. The zero-order chi connectivity index (χ0) is 15.4. The molecule has 0 saturated heterocycles. The van der Waals surface area contributed by atoms with Gasteiger partial charge in [0.1, 0.15) is 18.2 Å². The van der Waals surface area contributed by atoms with E-state index >= 15 is 0 Å². The summed E-state index contributed by atoms with van der Waals surface area (Å²) in [6, 6.07) is 10.7. The number of nitrogens with one attached hydrogen (secondary N) is 1. The Morgan fingerprint density at radius 3 is 2.71 bits per heavy atom. The first-order valence-corrected chi connectivity index (χ1v) is 7.24. The second-order valence-electron chi connectivity index (χ2n) is 5.04. The number of rotatable bonds is 5. The molecule has 0 aliphatic rings. The first-order valence-electron chi connectivity index (χ1n) is 6.86. The lowest BCUT2D eigenvalue weighted by molar-refractivity contribution is 0.294. The van der Waals surface area contributed by atoms with E-state index in [9.17, 15) is 4.39 Å². The molecule has 2 aromatic carbocycles. The number of aryl methyl sites for hydroxylation is 1. The van der Waals surface area contributed by atoms with E-state index in [1.807, 2.05) is 26.1 Å². The van der Waals surface area contributed by atoms with Crippen molar-refractivity contribution in [3.05, 3.63) is 63.9 Å². The number of benzene rings is 2. The SMILES string of the molecule is CNC(C)c1cc(C)ccc1OCc1c(F)cccc1Cl. The summed E-state index contributed by atoms with van der Waals surface area (Å²) in [4.78, 5) is 0. The van der Waals surface area contributed by atoms with E-state index in [1.54, 1.807) is 12.1 Å². The fourth-order valence-electron chi connectivity index (χ4n) is 2.11. The van der Waals surface area contributed by atoms with Gasteiger partial charge in [0.2, 0.25) is 0 Å². The first kappa shape index (κ1) is 15.8. The number of hydrogen-bond donors (Lipinski definition) is 1. The summed E-state index contributed by atoms with van der Waals surface area (Å²) in [7, 11) is 1.89. The van der Waals surface area contributed by atoms with Crippen LogP contribution in [0.1, 0.15) is 29.7 Å². The van der Waals surface area contributed by atoms with Crippen molar-refractivity contribution < 1.29 is 9.13 Å². The first-order chi connectivity index (χ1) is 10.0. The second kappa shape index (κ2) is 6.92. The van der Waals surface area contributed by atoms with Crippen molar-refractivity contribution in [3.8, 4) is 5.75 Å². The second-order valence-corrected chi connectivity index (χ2v) is 5.45. The van der Waals surface area contributed by atoms with Gasteiger partial charge in [-0.1, -0.05) is 35.4 Å². The van der Waals surface area contributed by atoms with Crippen LogP contribution in [0.25, 0.3) is 0 Å². The molecule has 112 valence electrons. The summed E-state index contributed by atoms with van der Waals surface area (Å²) in [6.45, 7) is 4.19. The highest BCUT2D eigenvalue weighted by Gasteiger charge is 2.13. The van der Waals surface area contributed by atoms with Crippen LogP contribution in [0.2, 0.25) is 5.02 Å². The molecule has 1 atom stereocenters. The maximum Gasteiger partial charge on any atom is 0.131 e. The zero-order valence-electron chi connectivity index (χ0n) is 12.4. The Hall–Kier alpha value is -1.58. The van der Waals surface area contributed by atoms with Crippen molar-refractivity contribution in [2.24, 2.45) is 0 Å². The third-order valence-electron chi connectivity index (χ3n) is 3.50. The lowest BCUT2D eigenvalue weighted by atomic mass is 10.0. The standard InChI is InChI=1S/C17H19ClFNO/c1-11-7-8-17(13(9-11)12(2)20-3)21-10-14-15(18)5-4-6-16(14)19/h4-9,12,20H,10H2,1-3H3. The minimum absolute atomic E-state index is 0.109. The minimum atomic E-state index is -0.349. The van der Waals surface area contributed by atoms with Gasteiger partial charge >= 0.3 is 0 Å². The van der Waals surface area contributed by atoms with Crippen LogP contribution in [0.3, 0.4) is 0 Å². The van der Waals surface area contributed by atoms with Gasteiger partial charge in [-0.15, -0.1) is 0 Å². The highest BCUT2D eigenvalue weighted by molar-refractivity contribution is 6.31. The monoisotopic (exact) mass is 307 g/mol. The van der Waals surface area contributed by atoms with Crippen molar-refractivity contribution in [1.82, 2.24) is 5.32 Å². The Kier molecular flexibility index (Phi) is 5.21. The molecule has 2 aromatic rings. The maximum atomic E-state index is 13.8. The van der Waals surface area contributed by atoms with E-state index in [4.69, 9.17) is 16.3 Å². The van der Waals surface area contributed by atoms with Crippen LogP contribution in [-0.2, 0) is 6.61 Å². The molecular formula is C17H19ClFNO. The Morgan fingerprint density at radius 1 is 1.29 bits per heavy atom. The third kappa shape index (κ3) is 3.74. The van der Waals surface area contributed by atoms with Crippen molar-refractivity contribution in [2.75, 3.05) is 7.05 Å². The van der Waals surface area contributed by atoms with Gasteiger partial charge in [-0.3, -0.25) is 0 Å². The molecule has 0 aliphatic carbocycles. The van der Waals surface area contributed by atoms with Gasteiger partial charge in [-0.25, -0.2) is 4.39 Å². The Balaban J connectivity index is 2.24. The van der Waals surface area contributed by atoms with Crippen LogP contribution in [0.15, 0.2) is 36.4 Å². The molecule has 1 unspecified atom stereocenters. The molecule has 4 heteroatoms. The maximum absolute atomic E-state index is 13.8. The fraction of sp³-hybridized carbons (Fsp3) is 0.294. The Morgan fingerprint density at radius 2 is 2.05 bits per heavy atom. The molecule has 0 amide bonds. The topological polar surface area (TPSA) is 21.3 Å². The van der Waals surface area contributed by atoms with Crippen molar-refractivity contribution in [2.45, 2.75) is 26.5 Å². The minimum Gasteiger partial charge on any atom is -0.488 e. The molecular weight excluding hydrogens is 289 g/mol. The smallest absolute Gasteiger partial charge is 0.131 e. The lowest BCUT2D eigenvalue weighted by Gasteiger charge is -2.18. The van der Waals surface area contributed by atoms with Gasteiger partial charge in [0.15, 0.2) is 0 Å². The summed E-state index contributed by atoms with van der Waals surface area (Å²) < 4.78 is 19.6. The molecule has 21 heavy (non-hydrogen) atoms. The van der Waals surface area contributed by atoms with E-state index in [0.29, 0.717) is 10.6 Å². The molecule has 1 N–H and O–H groups in total. The number of hydrogen-bond acceptors (Lipinski definition) is 2. The normalized spacial score (nSPS) is 12.2. The molecule has 0 aromatic heterocycles. The van der Waals surface area contributed by atoms with Gasteiger partial charge < -0.3 is 10.1 Å². The summed E-state index contributed by atoms with van der Waals surface area (Å²) in [5, 5.41) is 3.57. The molecule has 0 radical (unpaired) electrons. The van der Waals surface area contributed by atoms with Gasteiger partial charge in [0.25, 0.3) is 0 Å². The highest BCUT2D eigenvalue weighted by atomic mass is 35.5. The molecule has 0 bridgehead atoms. The average molecular weight is 308 g/mol. The average Bonchev–Trinajstić information content (AvgIpc) is 2.47. The number of ether oxygens (including phenoxy) is 1. The van der Waals surface area contributed by atoms with Gasteiger partial charge in [0, 0.05) is 17.2 Å². The molecule has 2 nitrogen and oxygen atoms in total. The van der Waals surface area contributed by atoms with Gasteiger partial charge in [0.05, 0.1) is 5.02 Å². The van der Waals surface area contributed by atoms with E-state index in [0.717, 1.165) is 16.9 Å². The fourth-order valence-corrected chi connectivity index (χ4v) is 2.33.